The van der Waals surface area contributed by atoms with E-state index >= 15 is 0 Å². The van der Waals surface area contributed by atoms with Crippen LogP contribution < -0.4 is 10.4 Å². The van der Waals surface area contributed by atoms with Crippen LogP contribution in [0.15, 0.2) is 39.6 Å². The fraction of sp³-hybridized carbons (Fsp3) is 0.100. The topological polar surface area (TPSA) is 55.2 Å². The van der Waals surface area contributed by atoms with Crippen molar-refractivity contribution in [3.05, 3.63) is 40.8 Å². The number of aromatic nitrogens is 1. The number of nitrogens with one attached hydrogen (secondary N) is 1. The van der Waals surface area contributed by atoms with Gasteiger partial charge in [-0.25, -0.2) is 9.95 Å². The van der Waals surface area contributed by atoms with Crippen molar-refractivity contribution in [1.29, 1.82) is 0 Å². The van der Waals surface area contributed by atoms with Gasteiger partial charge < -0.3 is 9.26 Å². The van der Waals surface area contributed by atoms with Crippen LogP contribution in [-0.2, 0) is 0 Å². The van der Waals surface area contributed by atoms with E-state index in [0.717, 1.165) is 11.3 Å². The quantitative estimate of drug-likeness (QED) is 0.785. The van der Waals surface area contributed by atoms with E-state index in [0.29, 0.717) is 5.69 Å². The molecule has 0 bridgehead atoms. The average molecular weight is 191 g/mol. The number of hydrogen-bond acceptors (Lipinski definition) is 3. The molecule has 0 unspecified atom stereocenters. The summed E-state index contributed by atoms with van der Waals surface area (Å²) in [4.78, 5) is 10.8. The average Bonchev–Trinajstić information content (AvgIpc) is 2.65. The van der Waals surface area contributed by atoms with Crippen LogP contribution >= 0.6 is 0 Å². The normalized spacial score (nSPS) is 10.1. The van der Waals surface area contributed by atoms with Crippen molar-refractivity contribution in [3.63, 3.8) is 0 Å². The maximum atomic E-state index is 10.8. The van der Waals surface area contributed by atoms with Crippen LogP contribution in [0.2, 0.25) is 0 Å². The monoisotopic (exact) mass is 191 g/mol. The molecule has 0 aliphatic carbocycles. The predicted octanol–water partition coefficient (Wildman–Crippen LogP) is 1.64. The van der Waals surface area contributed by atoms with Crippen LogP contribution in [0.3, 0.4) is 0 Å². The summed E-state index contributed by atoms with van der Waals surface area (Å²) in [7, 11) is 1.61. The van der Waals surface area contributed by atoms with Crippen LogP contribution in [0.25, 0.3) is 11.3 Å². The van der Waals surface area contributed by atoms with E-state index in [1.165, 1.54) is 6.07 Å². The summed E-state index contributed by atoms with van der Waals surface area (Å²) < 4.78 is 9.58. The minimum Gasteiger partial charge on any atom is -0.497 e. The van der Waals surface area contributed by atoms with Crippen molar-refractivity contribution < 1.29 is 9.26 Å². The lowest BCUT2D eigenvalue weighted by molar-refractivity contribution is 0.393. The summed E-state index contributed by atoms with van der Waals surface area (Å²) >= 11 is 0. The smallest absolute Gasteiger partial charge is 0.357 e. The summed E-state index contributed by atoms with van der Waals surface area (Å²) in [6.07, 6.45) is 0. The fourth-order valence-corrected chi connectivity index (χ4v) is 1.19. The Morgan fingerprint density at radius 3 is 2.50 bits per heavy atom. The van der Waals surface area contributed by atoms with Gasteiger partial charge in [0.1, 0.15) is 5.75 Å². The highest BCUT2D eigenvalue weighted by atomic mass is 16.5. The molecule has 1 N–H and O–H groups in total. The van der Waals surface area contributed by atoms with E-state index < -0.39 is 0 Å². The first-order valence-electron chi connectivity index (χ1n) is 4.12. The van der Waals surface area contributed by atoms with Crippen LogP contribution in [0.5, 0.6) is 5.75 Å². The molecule has 0 aliphatic rings. The Kier molecular flexibility index (Phi) is 2.10. The Labute approximate surface area is 80.1 Å². The number of hydrogen-bond donors (Lipinski definition) is 1. The molecule has 0 spiro atoms. The number of methoxy groups -OCH3 is 1. The molecule has 0 fully saturated rings. The third-order valence-electron chi connectivity index (χ3n) is 1.92. The molecular formula is C10H9NO3. The second kappa shape index (κ2) is 3.41. The maximum absolute atomic E-state index is 10.8. The van der Waals surface area contributed by atoms with Crippen molar-refractivity contribution in [2.24, 2.45) is 0 Å². The lowest BCUT2D eigenvalue weighted by Crippen LogP contribution is -1.85. The highest BCUT2D eigenvalue weighted by Crippen LogP contribution is 2.19. The van der Waals surface area contributed by atoms with Crippen LogP contribution in [0.4, 0.5) is 0 Å². The van der Waals surface area contributed by atoms with Crippen LogP contribution in [-0.4, -0.2) is 12.3 Å². The third kappa shape index (κ3) is 1.54. The van der Waals surface area contributed by atoms with Crippen molar-refractivity contribution in [1.82, 2.24) is 5.16 Å². The van der Waals surface area contributed by atoms with Crippen molar-refractivity contribution in [2.75, 3.05) is 7.11 Å². The Balaban J connectivity index is 2.38. The predicted molar refractivity (Wildman–Crippen MR) is 51.3 cm³/mol. The molecule has 14 heavy (non-hydrogen) atoms. The number of ether oxygens (including phenoxy) is 1. The first-order valence-corrected chi connectivity index (χ1v) is 4.12. The minimum atomic E-state index is -0.379. The minimum absolute atomic E-state index is 0.379. The first kappa shape index (κ1) is 8.62. The zero-order valence-electron chi connectivity index (χ0n) is 7.61. The Morgan fingerprint density at radius 2 is 2.00 bits per heavy atom. The maximum Gasteiger partial charge on any atom is 0.357 e. The van der Waals surface area contributed by atoms with Crippen LogP contribution in [0, 0.1) is 0 Å². The van der Waals surface area contributed by atoms with E-state index in [1.807, 2.05) is 24.3 Å². The molecule has 2 aromatic rings. The zero-order chi connectivity index (χ0) is 9.97. The molecule has 0 saturated carbocycles. The molecule has 0 saturated heterocycles. The highest BCUT2D eigenvalue weighted by Gasteiger charge is 2.01. The van der Waals surface area contributed by atoms with E-state index in [1.54, 1.807) is 7.11 Å². The second-order valence-electron chi connectivity index (χ2n) is 2.81. The standard InChI is InChI=1S/C10H9NO3/c1-13-8-4-2-7(3-5-8)9-6-10(12)14-11-9/h2-6,11H,1H3. The lowest BCUT2D eigenvalue weighted by atomic mass is 10.1. The molecule has 72 valence electrons. The Hall–Kier alpha value is -1.97. The van der Waals surface area contributed by atoms with Gasteiger partial charge in [-0.1, -0.05) is 0 Å². The van der Waals surface area contributed by atoms with Crippen LogP contribution in [0.1, 0.15) is 0 Å². The molecule has 4 heteroatoms. The van der Waals surface area contributed by atoms with Crippen molar-refractivity contribution >= 4 is 0 Å². The number of aromatic amines is 1. The van der Waals surface area contributed by atoms with Gasteiger partial charge in [0.05, 0.1) is 18.9 Å². The summed E-state index contributed by atoms with van der Waals surface area (Å²) in [6, 6.07) is 8.74. The molecule has 2 rings (SSSR count). The van der Waals surface area contributed by atoms with Crippen molar-refractivity contribution in [2.45, 2.75) is 0 Å². The molecule has 0 atom stereocenters. The van der Waals surface area contributed by atoms with E-state index in [-0.39, 0.29) is 5.63 Å². The van der Waals surface area contributed by atoms with Gasteiger partial charge >= 0.3 is 5.63 Å². The second-order valence-corrected chi connectivity index (χ2v) is 2.81. The van der Waals surface area contributed by atoms with Gasteiger partial charge in [-0.05, 0) is 24.3 Å². The van der Waals surface area contributed by atoms with E-state index in [9.17, 15) is 4.79 Å². The largest absolute Gasteiger partial charge is 0.497 e. The molecular weight excluding hydrogens is 182 g/mol. The molecule has 0 aliphatic heterocycles. The molecule has 1 heterocycles. The molecule has 1 aromatic carbocycles. The molecule has 4 nitrogen and oxygen atoms in total. The zero-order valence-corrected chi connectivity index (χ0v) is 7.61. The van der Waals surface area contributed by atoms with E-state index in [4.69, 9.17) is 4.74 Å². The van der Waals surface area contributed by atoms with Gasteiger partial charge in [0.15, 0.2) is 0 Å². The summed E-state index contributed by atoms with van der Waals surface area (Å²) in [5.41, 5.74) is 1.17. The molecule has 0 amide bonds. The Morgan fingerprint density at radius 1 is 1.29 bits per heavy atom. The number of benzene rings is 1. The fourth-order valence-electron chi connectivity index (χ4n) is 1.19. The number of H-pyrrole nitrogens is 1. The highest BCUT2D eigenvalue weighted by molar-refractivity contribution is 5.58. The molecule has 0 radical (unpaired) electrons. The van der Waals surface area contributed by atoms with Gasteiger partial charge in [-0.2, -0.15) is 0 Å². The van der Waals surface area contributed by atoms with Gasteiger partial charge in [0.25, 0.3) is 0 Å². The van der Waals surface area contributed by atoms with Gasteiger partial charge in [0.2, 0.25) is 0 Å². The number of rotatable bonds is 2. The lowest BCUT2D eigenvalue weighted by Gasteiger charge is -1.99. The summed E-state index contributed by atoms with van der Waals surface area (Å²) in [5.74, 6) is 0.777. The van der Waals surface area contributed by atoms with Gasteiger partial charge in [0, 0.05) is 5.56 Å². The molecule has 1 aromatic heterocycles. The third-order valence-corrected chi connectivity index (χ3v) is 1.92. The Bertz CT molecular complexity index is 467. The SMILES string of the molecule is COc1ccc(-c2cc(=O)o[nH]2)cc1. The van der Waals surface area contributed by atoms with E-state index in [2.05, 4.69) is 9.68 Å². The summed E-state index contributed by atoms with van der Waals surface area (Å²) in [5, 5.41) is 2.53. The first-order chi connectivity index (χ1) is 6.79. The van der Waals surface area contributed by atoms with Gasteiger partial charge in [-0.15, -0.1) is 0 Å². The van der Waals surface area contributed by atoms with Crippen molar-refractivity contribution in [3.8, 4) is 17.0 Å². The summed E-state index contributed by atoms with van der Waals surface area (Å²) in [6.45, 7) is 0. The van der Waals surface area contributed by atoms with Gasteiger partial charge in [-0.3, -0.25) is 0 Å².